The molecule has 3 heterocycles. The van der Waals surface area contributed by atoms with Crippen molar-refractivity contribution in [2.75, 3.05) is 30.4 Å². The number of anilines is 2. The van der Waals surface area contributed by atoms with Gasteiger partial charge in [-0.05, 0) is 32.5 Å². The fraction of sp³-hybridized carbons (Fsp3) is 0.438. The molecule has 0 spiro atoms. The first-order valence-electron chi connectivity index (χ1n) is 7.99. The minimum atomic E-state index is -0.527. The monoisotopic (exact) mass is 457 g/mol. The number of piperazine rings is 1. The summed E-state index contributed by atoms with van der Waals surface area (Å²) in [6.45, 7) is 4.81. The van der Waals surface area contributed by atoms with E-state index in [0.717, 1.165) is 6.54 Å². The lowest BCUT2D eigenvalue weighted by Crippen LogP contribution is -2.60. The first-order chi connectivity index (χ1) is 11.8. The number of carbonyl (C=O) groups is 1. The smallest absolute Gasteiger partial charge is 0.338 e. The summed E-state index contributed by atoms with van der Waals surface area (Å²) in [5.41, 5.74) is 0.600. The van der Waals surface area contributed by atoms with E-state index in [9.17, 15) is 14.0 Å². The van der Waals surface area contributed by atoms with E-state index in [0.29, 0.717) is 28.8 Å². The van der Waals surface area contributed by atoms with E-state index in [1.54, 1.807) is 13.0 Å². The Balaban J connectivity index is 2.13. The topological polar surface area (TPSA) is 70.5 Å². The van der Waals surface area contributed by atoms with Gasteiger partial charge in [-0.2, -0.15) is 4.98 Å². The molecule has 2 aliphatic heterocycles. The van der Waals surface area contributed by atoms with Crippen LogP contribution in [0.2, 0.25) is 0 Å². The molecule has 1 saturated heterocycles. The summed E-state index contributed by atoms with van der Waals surface area (Å²) in [6.07, 6.45) is 0. The summed E-state index contributed by atoms with van der Waals surface area (Å²) in [5, 5.41) is 3.22. The zero-order chi connectivity index (χ0) is 18.0. The number of aromatic nitrogens is 2. The van der Waals surface area contributed by atoms with E-state index in [2.05, 4.69) is 15.2 Å². The van der Waals surface area contributed by atoms with Crippen molar-refractivity contribution in [3.63, 3.8) is 0 Å². The predicted octanol–water partition coefficient (Wildman–Crippen LogP) is 1.50. The lowest BCUT2D eigenvalue weighted by molar-refractivity contribution is -0.118. The van der Waals surface area contributed by atoms with Gasteiger partial charge in [-0.25, -0.2) is 12.0 Å². The zero-order valence-electron chi connectivity index (χ0n) is 14.0. The Morgan fingerprint density at radius 3 is 2.80 bits per heavy atom. The number of nitrogens with zero attached hydrogens (tertiary/aromatic N) is 4. The fourth-order valence-corrected chi connectivity index (χ4v) is 4.32. The minimum absolute atomic E-state index is 0.0371. The number of amides is 1. The number of halogens is 2. The maximum atomic E-state index is 14.8. The van der Waals surface area contributed by atoms with Gasteiger partial charge in [0.2, 0.25) is 5.91 Å². The predicted molar refractivity (Wildman–Crippen MR) is 102 cm³/mol. The number of carbonyl (C=O) groups excluding carboxylic acids is 1. The summed E-state index contributed by atoms with van der Waals surface area (Å²) in [6, 6.07) is 1.06. The van der Waals surface area contributed by atoms with Crippen LogP contribution in [0, 0.1) is 12.7 Å². The van der Waals surface area contributed by atoms with Crippen molar-refractivity contribution < 1.29 is 9.18 Å². The second-order valence-corrected chi connectivity index (χ2v) is 7.72. The highest BCUT2D eigenvalue weighted by Crippen LogP contribution is 2.39. The molecule has 0 bridgehead atoms. The van der Waals surface area contributed by atoms with Crippen LogP contribution in [0.4, 0.5) is 15.9 Å². The van der Waals surface area contributed by atoms with Gasteiger partial charge in [-0.15, -0.1) is 0 Å². The van der Waals surface area contributed by atoms with Crippen LogP contribution in [0.25, 0.3) is 10.9 Å². The second-order valence-electron chi connectivity index (χ2n) is 6.76. The van der Waals surface area contributed by atoms with Gasteiger partial charge in [0.05, 0.1) is 39.5 Å². The fourth-order valence-electron chi connectivity index (χ4n) is 3.83. The average molecular weight is 457 g/mol. The Hall–Kier alpha value is -1.75. The Kier molecular flexibility index (Phi) is 3.76. The quantitative estimate of drug-likeness (QED) is 0.608. The zero-order valence-corrected chi connectivity index (χ0v) is 16.2. The van der Waals surface area contributed by atoms with Crippen LogP contribution in [0.1, 0.15) is 12.5 Å². The Morgan fingerprint density at radius 1 is 1.36 bits per heavy atom. The van der Waals surface area contributed by atoms with Gasteiger partial charge in [0, 0.05) is 19.1 Å². The van der Waals surface area contributed by atoms with Crippen LogP contribution in [0.3, 0.4) is 0 Å². The highest BCUT2D eigenvalue weighted by Gasteiger charge is 2.41. The third kappa shape index (κ3) is 2.35. The van der Waals surface area contributed by atoms with Crippen LogP contribution in [0.15, 0.2) is 10.9 Å². The number of hydrogen-bond donors (Lipinski definition) is 1. The normalized spacial score (nSPS) is 23.4. The number of likely N-dealkylation sites (N-methyl/N-ethyl adjacent to an activating group) is 1. The van der Waals surface area contributed by atoms with Crippen LogP contribution in [0.5, 0.6) is 0 Å². The molecule has 132 valence electrons. The standard InChI is InChI=1S/C16H17FIN5O2/c1-7-4-9-11-13(12(7)17)19-15(24)10-6-21(3)5-8(2)22(10)14(11)20-16(25)23(9)18/h4,8,10H,5-6H2,1-3H3,(H,19,24). The summed E-state index contributed by atoms with van der Waals surface area (Å²) in [4.78, 5) is 33.3. The molecule has 9 heteroatoms. The molecular weight excluding hydrogens is 440 g/mol. The molecule has 1 fully saturated rings. The molecule has 2 atom stereocenters. The van der Waals surface area contributed by atoms with E-state index < -0.39 is 17.5 Å². The lowest BCUT2D eigenvalue weighted by Gasteiger charge is -2.43. The first kappa shape index (κ1) is 16.7. The Bertz CT molecular complexity index is 975. The van der Waals surface area contributed by atoms with E-state index in [1.807, 2.05) is 41.7 Å². The Labute approximate surface area is 157 Å². The number of benzene rings is 1. The molecule has 25 heavy (non-hydrogen) atoms. The maximum Gasteiger partial charge on any atom is 0.359 e. The van der Waals surface area contributed by atoms with Crippen molar-refractivity contribution in [3.8, 4) is 0 Å². The first-order valence-corrected chi connectivity index (χ1v) is 8.96. The van der Waals surface area contributed by atoms with E-state index in [4.69, 9.17) is 0 Å². The number of nitrogens with one attached hydrogen (secondary N) is 1. The van der Waals surface area contributed by atoms with Crippen molar-refractivity contribution >= 4 is 51.2 Å². The molecule has 0 aliphatic carbocycles. The second kappa shape index (κ2) is 5.63. The third-order valence-electron chi connectivity index (χ3n) is 4.90. The summed E-state index contributed by atoms with van der Waals surface area (Å²) >= 11 is 1.86. The van der Waals surface area contributed by atoms with E-state index in [-0.39, 0.29) is 17.6 Å². The van der Waals surface area contributed by atoms with Gasteiger partial charge in [0.1, 0.15) is 11.9 Å². The molecule has 1 aromatic heterocycles. The van der Waals surface area contributed by atoms with E-state index in [1.165, 1.54) is 2.78 Å². The van der Waals surface area contributed by atoms with Gasteiger partial charge in [-0.1, -0.05) is 0 Å². The van der Waals surface area contributed by atoms with Gasteiger partial charge in [0.25, 0.3) is 0 Å². The molecule has 7 nitrogen and oxygen atoms in total. The molecule has 0 radical (unpaired) electrons. The van der Waals surface area contributed by atoms with Crippen LogP contribution in [-0.4, -0.2) is 50.8 Å². The SMILES string of the molecule is Cc1cc2c3c(nc(=O)n2I)N2C(C)CN(C)CC2C(=O)Nc3c1F. The number of rotatable bonds is 0. The van der Waals surface area contributed by atoms with Crippen LogP contribution in [-0.2, 0) is 4.79 Å². The summed E-state index contributed by atoms with van der Waals surface area (Å²) in [5.74, 6) is -0.389. The summed E-state index contributed by atoms with van der Waals surface area (Å²) < 4.78 is 16.2. The van der Waals surface area contributed by atoms with Gasteiger partial charge in [0.15, 0.2) is 5.82 Å². The molecule has 1 N–H and O–H groups in total. The van der Waals surface area contributed by atoms with Gasteiger partial charge < -0.3 is 15.1 Å². The molecule has 2 aliphatic rings. The minimum Gasteiger partial charge on any atom is -0.338 e. The number of hydrogen-bond acceptors (Lipinski definition) is 5. The third-order valence-corrected chi connectivity index (χ3v) is 5.83. The molecule has 1 amide bonds. The molecule has 1 aromatic carbocycles. The highest BCUT2D eigenvalue weighted by molar-refractivity contribution is 14.1. The highest BCUT2D eigenvalue weighted by atomic mass is 127. The van der Waals surface area contributed by atoms with Crippen molar-refractivity contribution in [3.05, 3.63) is 27.9 Å². The van der Waals surface area contributed by atoms with Crippen molar-refractivity contribution in [2.45, 2.75) is 25.9 Å². The Morgan fingerprint density at radius 2 is 2.08 bits per heavy atom. The van der Waals surface area contributed by atoms with Crippen LogP contribution < -0.4 is 15.9 Å². The molecule has 0 saturated carbocycles. The molecule has 2 unspecified atom stereocenters. The molecular formula is C16H17FIN5O2. The number of aryl methyl sites for hydroxylation is 1. The molecule has 2 aromatic rings. The number of fused-ring (bicyclic) bond motifs is 2. The van der Waals surface area contributed by atoms with E-state index >= 15 is 0 Å². The van der Waals surface area contributed by atoms with Crippen molar-refractivity contribution in [1.82, 2.24) is 12.7 Å². The molecule has 4 rings (SSSR count). The summed E-state index contributed by atoms with van der Waals surface area (Å²) in [7, 11) is 1.94. The maximum absolute atomic E-state index is 14.8. The van der Waals surface area contributed by atoms with Crippen molar-refractivity contribution in [1.29, 1.82) is 0 Å². The van der Waals surface area contributed by atoms with Crippen LogP contribution >= 0.6 is 22.9 Å². The lowest BCUT2D eigenvalue weighted by atomic mass is 10.1. The van der Waals surface area contributed by atoms with Gasteiger partial charge >= 0.3 is 5.69 Å². The van der Waals surface area contributed by atoms with Crippen molar-refractivity contribution in [2.24, 2.45) is 0 Å². The van der Waals surface area contributed by atoms with Gasteiger partial charge in [-0.3, -0.25) is 4.79 Å². The largest absolute Gasteiger partial charge is 0.359 e. The average Bonchev–Trinajstić information content (AvgIpc) is 2.66.